The number of benzene rings is 1. The lowest BCUT2D eigenvalue weighted by atomic mass is 10.2. The minimum atomic E-state index is -0.416. The van der Waals surface area contributed by atoms with Crippen LogP contribution in [-0.2, 0) is 14.4 Å². The van der Waals surface area contributed by atoms with Crippen LogP contribution < -0.4 is 10.9 Å². The van der Waals surface area contributed by atoms with Gasteiger partial charge in [0.25, 0.3) is 11.1 Å². The van der Waals surface area contributed by atoms with Gasteiger partial charge >= 0.3 is 0 Å². The average Bonchev–Trinajstić information content (AvgIpc) is 2.95. The van der Waals surface area contributed by atoms with Crippen LogP contribution in [0.25, 0.3) is 11.1 Å². The third-order valence-electron chi connectivity index (χ3n) is 3.95. The molecule has 0 saturated carbocycles. The number of thioether (sulfide) groups is 1. The van der Waals surface area contributed by atoms with Crippen molar-refractivity contribution in [3.05, 3.63) is 24.3 Å². The number of hydrogen-bond donors (Lipinski definition) is 2. The highest BCUT2D eigenvalue weighted by atomic mass is 32.2. The molecule has 1 aromatic carbocycles. The van der Waals surface area contributed by atoms with Crippen LogP contribution in [0, 0.1) is 0 Å². The highest BCUT2D eigenvalue weighted by Gasteiger charge is 2.19. The van der Waals surface area contributed by atoms with Crippen molar-refractivity contribution in [2.75, 3.05) is 18.8 Å². The molecule has 2 N–H and O–H groups in total. The summed E-state index contributed by atoms with van der Waals surface area (Å²) in [4.78, 5) is 41.4. The largest absolute Gasteiger partial charge is 0.431 e. The quantitative estimate of drug-likeness (QED) is 0.605. The van der Waals surface area contributed by atoms with Gasteiger partial charge in [-0.1, -0.05) is 30.3 Å². The van der Waals surface area contributed by atoms with Gasteiger partial charge in [0, 0.05) is 13.0 Å². The highest BCUT2D eigenvalue weighted by Crippen LogP contribution is 2.22. The van der Waals surface area contributed by atoms with Crippen LogP contribution in [0.2, 0.25) is 0 Å². The van der Waals surface area contributed by atoms with E-state index >= 15 is 0 Å². The van der Waals surface area contributed by atoms with Crippen molar-refractivity contribution in [2.45, 2.75) is 30.9 Å². The van der Waals surface area contributed by atoms with Crippen LogP contribution >= 0.6 is 11.8 Å². The Morgan fingerprint density at radius 2 is 1.96 bits per heavy atom. The van der Waals surface area contributed by atoms with E-state index in [0.29, 0.717) is 23.8 Å². The summed E-state index contributed by atoms with van der Waals surface area (Å²) in [5.74, 6) is -0.765. The molecule has 1 aliphatic rings. The van der Waals surface area contributed by atoms with E-state index in [4.69, 9.17) is 4.42 Å². The molecule has 0 aliphatic carbocycles. The Morgan fingerprint density at radius 1 is 1.15 bits per heavy atom. The van der Waals surface area contributed by atoms with Crippen LogP contribution in [0.4, 0.5) is 0 Å². The van der Waals surface area contributed by atoms with Crippen LogP contribution in [-0.4, -0.2) is 46.4 Å². The summed E-state index contributed by atoms with van der Waals surface area (Å²) < 4.78 is 5.51. The number of nitrogens with zero attached hydrogens (tertiary/aromatic N) is 2. The van der Waals surface area contributed by atoms with Gasteiger partial charge in [-0.05, 0) is 25.0 Å². The first-order valence-electron chi connectivity index (χ1n) is 8.45. The number of aromatic nitrogens is 1. The van der Waals surface area contributed by atoms with Crippen molar-refractivity contribution in [2.24, 2.45) is 0 Å². The first kappa shape index (κ1) is 18.2. The molecule has 0 spiro atoms. The van der Waals surface area contributed by atoms with E-state index in [2.05, 4.69) is 15.8 Å². The minimum absolute atomic E-state index is 0.0181. The van der Waals surface area contributed by atoms with Gasteiger partial charge in [0.05, 0.1) is 5.75 Å². The van der Waals surface area contributed by atoms with E-state index in [1.807, 2.05) is 18.2 Å². The Labute approximate surface area is 154 Å². The summed E-state index contributed by atoms with van der Waals surface area (Å²) in [6, 6.07) is 7.33. The zero-order valence-corrected chi connectivity index (χ0v) is 15.0. The number of para-hydroxylation sites is 2. The number of carbonyl (C=O) groups excluding carboxylic acids is 3. The van der Waals surface area contributed by atoms with Crippen LogP contribution in [0.1, 0.15) is 25.7 Å². The van der Waals surface area contributed by atoms with Crippen molar-refractivity contribution >= 4 is 40.6 Å². The second-order valence-electron chi connectivity index (χ2n) is 5.96. The standard InChI is InChI=1S/C17H20N4O4S/c22-14(10-21-9-5-1-2-8-16(21)24)19-20-15(23)11-26-17-18-12-6-3-4-7-13(12)25-17/h3-4,6-7H,1-2,5,8-11H2,(H,19,22)(H,20,23). The summed E-state index contributed by atoms with van der Waals surface area (Å²) in [7, 11) is 0. The summed E-state index contributed by atoms with van der Waals surface area (Å²) >= 11 is 1.14. The number of likely N-dealkylation sites (tertiary alicyclic amines) is 1. The molecule has 0 atom stereocenters. The van der Waals surface area contributed by atoms with Crippen molar-refractivity contribution in [3.63, 3.8) is 0 Å². The van der Waals surface area contributed by atoms with Gasteiger partial charge in [-0.25, -0.2) is 4.98 Å². The van der Waals surface area contributed by atoms with Crippen molar-refractivity contribution in [3.8, 4) is 0 Å². The van der Waals surface area contributed by atoms with Gasteiger partial charge in [-0.15, -0.1) is 0 Å². The molecule has 0 unspecified atom stereocenters. The van der Waals surface area contributed by atoms with Crippen molar-refractivity contribution < 1.29 is 18.8 Å². The summed E-state index contributed by atoms with van der Waals surface area (Å²) in [6.07, 6.45) is 3.22. The second-order valence-corrected chi connectivity index (χ2v) is 6.89. The van der Waals surface area contributed by atoms with Gasteiger partial charge in [-0.2, -0.15) is 0 Å². The molecular formula is C17H20N4O4S. The fourth-order valence-electron chi connectivity index (χ4n) is 2.63. The Balaban J connectivity index is 1.40. The van der Waals surface area contributed by atoms with Gasteiger partial charge < -0.3 is 9.32 Å². The molecular weight excluding hydrogens is 356 g/mol. The van der Waals surface area contributed by atoms with Crippen LogP contribution in [0.5, 0.6) is 0 Å². The maximum absolute atomic E-state index is 11.9. The van der Waals surface area contributed by atoms with Crippen molar-refractivity contribution in [1.82, 2.24) is 20.7 Å². The number of hydrazine groups is 1. The SMILES string of the molecule is O=C(CSc1nc2ccccc2o1)NNC(=O)CN1CCCCCC1=O. The maximum atomic E-state index is 11.9. The molecule has 3 rings (SSSR count). The number of carbonyl (C=O) groups is 3. The molecule has 138 valence electrons. The molecule has 1 aliphatic heterocycles. The molecule has 2 aromatic rings. The number of oxazole rings is 1. The fraction of sp³-hybridized carbons (Fsp3) is 0.412. The smallest absolute Gasteiger partial charge is 0.257 e. The molecule has 1 saturated heterocycles. The molecule has 3 amide bonds. The average molecular weight is 376 g/mol. The monoisotopic (exact) mass is 376 g/mol. The lowest BCUT2D eigenvalue weighted by molar-refractivity contribution is -0.136. The Morgan fingerprint density at radius 3 is 2.81 bits per heavy atom. The number of amides is 3. The predicted octanol–water partition coefficient (Wildman–Crippen LogP) is 1.47. The van der Waals surface area contributed by atoms with Gasteiger partial charge in [0.2, 0.25) is 11.8 Å². The number of rotatable bonds is 5. The number of fused-ring (bicyclic) bond motifs is 1. The van der Waals surface area contributed by atoms with Crippen LogP contribution in [0.3, 0.4) is 0 Å². The van der Waals surface area contributed by atoms with Crippen LogP contribution in [0.15, 0.2) is 33.9 Å². The molecule has 2 heterocycles. The maximum Gasteiger partial charge on any atom is 0.257 e. The fourth-order valence-corrected chi connectivity index (χ4v) is 3.27. The lowest BCUT2D eigenvalue weighted by Crippen LogP contribution is -2.48. The summed E-state index contributed by atoms with van der Waals surface area (Å²) in [5, 5.41) is 0.392. The molecule has 26 heavy (non-hydrogen) atoms. The predicted molar refractivity (Wildman–Crippen MR) is 96.1 cm³/mol. The highest BCUT2D eigenvalue weighted by molar-refractivity contribution is 7.99. The van der Waals surface area contributed by atoms with Gasteiger partial charge in [0.1, 0.15) is 12.1 Å². The van der Waals surface area contributed by atoms with Gasteiger partial charge in [-0.3, -0.25) is 25.2 Å². The first-order chi connectivity index (χ1) is 12.6. The third-order valence-corrected chi connectivity index (χ3v) is 4.78. The zero-order chi connectivity index (χ0) is 18.4. The van der Waals surface area contributed by atoms with E-state index < -0.39 is 5.91 Å². The summed E-state index contributed by atoms with van der Waals surface area (Å²) in [6.45, 7) is 0.533. The Kier molecular flexibility index (Phi) is 6.11. The van der Waals surface area contributed by atoms with E-state index in [-0.39, 0.29) is 24.1 Å². The van der Waals surface area contributed by atoms with Crippen molar-refractivity contribution in [1.29, 1.82) is 0 Å². The van der Waals surface area contributed by atoms with E-state index in [1.165, 1.54) is 4.90 Å². The first-order valence-corrected chi connectivity index (χ1v) is 9.44. The molecule has 8 nitrogen and oxygen atoms in total. The lowest BCUT2D eigenvalue weighted by Gasteiger charge is -2.19. The number of hydrogen-bond acceptors (Lipinski definition) is 6. The minimum Gasteiger partial charge on any atom is -0.431 e. The van der Waals surface area contributed by atoms with E-state index in [1.54, 1.807) is 6.07 Å². The molecule has 1 fully saturated rings. The molecule has 9 heteroatoms. The molecule has 1 aromatic heterocycles. The third kappa shape index (κ3) is 4.98. The Hall–Kier alpha value is -2.55. The number of nitrogens with one attached hydrogen (secondary N) is 2. The molecule has 0 bridgehead atoms. The summed E-state index contributed by atoms with van der Waals surface area (Å²) in [5.41, 5.74) is 6.06. The normalized spacial score (nSPS) is 14.9. The topological polar surface area (TPSA) is 105 Å². The molecule has 0 radical (unpaired) electrons. The zero-order valence-electron chi connectivity index (χ0n) is 14.2. The Bertz CT molecular complexity index is 774. The van der Waals surface area contributed by atoms with E-state index in [0.717, 1.165) is 36.5 Å². The second kappa shape index (κ2) is 8.70. The van der Waals surface area contributed by atoms with E-state index in [9.17, 15) is 14.4 Å². The van der Waals surface area contributed by atoms with Gasteiger partial charge in [0.15, 0.2) is 5.58 Å².